The first-order valence-corrected chi connectivity index (χ1v) is 7.38. The van der Waals surface area contributed by atoms with E-state index < -0.39 is 0 Å². The minimum atomic E-state index is 0.354. The highest BCUT2D eigenvalue weighted by Gasteiger charge is 2.17. The highest BCUT2D eigenvalue weighted by molar-refractivity contribution is 7.17. The second kappa shape index (κ2) is 5.34. The quantitative estimate of drug-likeness (QED) is 0.922. The van der Waals surface area contributed by atoms with Gasteiger partial charge in [0.1, 0.15) is 0 Å². The molecule has 1 saturated heterocycles. The first-order valence-electron chi connectivity index (χ1n) is 6.50. The standard InChI is InChI=1S/C14H18N2OS/c1-10(16-12-2-5-17-6-3-12)11-8-14-13(15-9-11)4-7-18-14/h4,7-10,12,16H,2-3,5-6H2,1H3. The maximum Gasteiger partial charge on any atom is 0.0809 e. The van der Waals surface area contributed by atoms with Crippen molar-refractivity contribution in [2.75, 3.05) is 13.2 Å². The summed E-state index contributed by atoms with van der Waals surface area (Å²) in [7, 11) is 0. The molecule has 0 aromatic carbocycles. The molecule has 3 rings (SSSR count). The van der Waals surface area contributed by atoms with Gasteiger partial charge in [0.2, 0.25) is 0 Å². The Bertz CT molecular complexity index is 519. The monoisotopic (exact) mass is 262 g/mol. The summed E-state index contributed by atoms with van der Waals surface area (Å²) in [6.45, 7) is 3.98. The second-order valence-corrected chi connectivity index (χ2v) is 5.80. The van der Waals surface area contributed by atoms with E-state index in [2.05, 4.69) is 34.7 Å². The molecular weight excluding hydrogens is 244 g/mol. The van der Waals surface area contributed by atoms with Gasteiger partial charge in [-0.1, -0.05) is 0 Å². The van der Waals surface area contributed by atoms with Crippen LogP contribution in [0.5, 0.6) is 0 Å². The largest absolute Gasteiger partial charge is 0.381 e. The van der Waals surface area contributed by atoms with Crippen LogP contribution >= 0.6 is 11.3 Å². The molecule has 0 spiro atoms. The molecule has 96 valence electrons. The summed E-state index contributed by atoms with van der Waals surface area (Å²) in [5.41, 5.74) is 2.37. The van der Waals surface area contributed by atoms with Crippen molar-refractivity contribution in [2.45, 2.75) is 31.8 Å². The van der Waals surface area contributed by atoms with Crippen LogP contribution in [0.1, 0.15) is 31.4 Å². The van der Waals surface area contributed by atoms with Gasteiger partial charge in [-0.05, 0) is 42.8 Å². The molecule has 3 heterocycles. The number of nitrogens with one attached hydrogen (secondary N) is 1. The number of aromatic nitrogens is 1. The summed E-state index contributed by atoms with van der Waals surface area (Å²) in [6.07, 6.45) is 4.21. The maximum atomic E-state index is 5.38. The van der Waals surface area contributed by atoms with Crippen molar-refractivity contribution >= 4 is 21.6 Å². The number of thiophene rings is 1. The summed E-state index contributed by atoms with van der Waals surface area (Å²) in [5, 5.41) is 5.77. The zero-order chi connectivity index (χ0) is 12.4. The van der Waals surface area contributed by atoms with Crippen LogP contribution in [0.3, 0.4) is 0 Å². The number of nitrogens with zero attached hydrogens (tertiary/aromatic N) is 1. The molecule has 1 fully saturated rings. The van der Waals surface area contributed by atoms with Crippen LogP contribution in [0.25, 0.3) is 10.2 Å². The Balaban J connectivity index is 1.72. The molecule has 1 unspecified atom stereocenters. The summed E-state index contributed by atoms with van der Waals surface area (Å²) in [4.78, 5) is 4.50. The molecular formula is C14H18N2OS. The summed E-state index contributed by atoms with van der Waals surface area (Å²) >= 11 is 1.75. The fourth-order valence-corrected chi connectivity index (χ4v) is 3.20. The minimum Gasteiger partial charge on any atom is -0.381 e. The van der Waals surface area contributed by atoms with Gasteiger partial charge in [0.25, 0.3) is 0 Å². The number of rotatable bonds is 3. The predicted octanol–water partition coefficient (Wildman–Crippen LogP) is 3.13. The molecule has 0 amide bonds. The topological polar surface area (TPSA) is 34.1 Å². The first kappa shape index (κ1) is 12.1. The number of ether oxygens (including phenoxy) is 1. The Morgan fingerprint density at radius 1 is 1.44 bits per heavy atom. The van der Waals surface area contributed by atoms with Gasteiger partial charge in [-0.25, -0.2) is 0 Å². The van der Waals surface area contributed by atoms with Gasteiger partial charge in [-0.15, -0.1) is 11.3 Å². The third-order valence-electron chi connectivity index (χ3n) is 3.53. The minimum absolute atomic E-state index is 0.354. The van der Waals surface area contributed by atoms with E-state index in [1.165, 1.54) is 10.3 Å². The van der Waals surface area contributed by atoms with E-state index in [0.29, 0.717) is 12.1 Å². The van der Waals surface area contributed by atoms with Crippen LogP contribution in [0, 0.1) is 0 Å². The highest BCUT2D eigenvalue weighted by atomic mass is 32.1. The Morgan fingerprint density at radius 2 is 2.28 bits per heavy atom. The summed E-state index contributed by atoms with van der Waals surface area (Å²) < 4.78 is 6.65. The van der Waals surface area contributed by atoms with E-state index >= 15 is 0 Å². The Labute approximate surface area is 111 Å². The number of fused-ring (bicyclic) bond motifs is 1. The van der Waals surface area contributed by atoms with Crippen LogP contribution in [-0.2, 0) is 4.74 Å². The third kappa shape index (κ3) is 2.55. The predicted molar refractivity (Wildman–Crippen MR) is 75.0 cm³/mol. The fourth-order valence-electron chi connectivity index (χ4n) is 2.41. The normalized spacial score (nSPS) is 19.2. The number of pyridine rings is 1. The second-order valence-electron chi connectivity index (χ2n) is 4.85. The number of hydrogen-bond donors (Lipinski definition) is 1. The lowest BCUT2D eigenvalue weighted by Gasteiger charge is -2.26. The molecule has 18 heavy (non-hydrogen) atoms. The summed E-state index contributed by atoms with van der Waals surface area (Å²) in [5.74, 6) is 0. The molecule has 3 nitrogen and oxygen atoms in total. The molecule has 1 aliphatic heterocycles. The van der Waals surface area contributed by atoms with E-state index in [4.69, 9.17) is 4.74 Å². The van der Waals surface area contributed by atoms with Gasteiger partial charge < -0.3 is 10.1 Å². The van der Waals surface area contributed by atoms with Crippen LogP contribution in [0.4, 0.5) is 0 Å². The van der Waals surface area contributed by atoms with Crippen molar-refractivity contribution in [3.05, 3.63) is 29.3 Å². The van der Waals surface area contributed by atoms with Crippen molar-refractivity contribution in [3.63, 3.8) is 0 Å². The zero-order valence-electron chi connectivity index (χ0n) is 10.6. The number of hydrogen-bond acceptors (Lipinski definition) is 4. The maximum absolute atomic E-state index is 5.38. The van der Waals surface area contributed by atoms with Gasteiger partial charge in [0.15, 0.2) is 0 Å². The van der Waals surface area contributed by atoms with Crippen LogP contribution in [-0.4, -0.2) is 24.2 Å². The molecule has 0 aliphatic carbocycles. The van der Waals surface area contributed by atoms with Crippen molar-refractivity contribution in [2.24, 2.45) is 0 Å². The van der Waals surface area contributed by atoms with Gasteiger partial charge in [0, 0.05) is 31.5 Å². The van der Waals surface area contributed by atoms with Crippen molar-refractivity contribution < 1.29 is 4.74 Å². The van der Waals surface area contributed by atoms with E-state index in [-0.39, 0.29) is 0 Å². The lowest BCUT2D eigenvalue weighted by molar-refractivity contribution is 0.0754. The van der Waals surface area contributed by atoms with E-state index in [1.54, 1.807) is 11.3 Å². The van der Waals surface area contributed by atoms with Crippen molar-refractivity contribution in [1.82, 2.24) is 10.3 Å². The van der Waals surface area contributed by atoms with E-state index in [9.17, 15) is 0 Å². The van der Waals surface area contributed by atoms with E-state index in [0.717, 1.165) is 31.6 Å². The Morgan fingerprint density at radius 3 is 3.11 bits per heavy atom. The van der Waals surface area contributed by atoms with Gasteiger partial charge in [-0.2, -0.15) is 0 Å². The van der Waals surface area contributed by atoms with Crippen LogP contribution in [0.15, 0.2) is 23.7 Å². The smallest absolute Gasteiger partial charge is 0.0809 e. The van der Waals surface area contributed by atoms with Gasteiger partial charge in [-0.3, -0.25) is 4.98 Å². The van der Waals surface area contributed by atoms with Crippen molar-refractivity contribution in [3.8, 4) is 0 Å². The third-order valence-corrected chi connectivity index (χ3v) is 4.38. The molecule has 0 radical (unpaired) electrons. The molecule has 4 heteroatoms. The zero-order valence-corrected chi connectivity index (χ0v) is 11.4. The molecule has 0 bridgehead atoms. The lowest BCUT2D eigenvalue weighted by atomic mass is 10.1. The molecule has 2 aromatic rings. The molecule has 1 N–H and O–H groups in total. The molecule has 2 aromatic heterocycles. The average Bonchev–Trinajstić information content (AvgIpc) is 2.87. The first-order chi connectivity index (χ1) is 8.83. The van der Waals surface area contributed by atoms with Crippen LogP contribution in [0.2, 0.25) is 0 Å². The molecule has 1 aliphatic rings. The lowest BCUT2D eigenvalue weighted by Crippen LogP contribution is -2.36. The highest BCUT2D eigenvalue weighted by Crippen LogP contribution is 2.23. The average molecular weight is 262 g/mol. The van der Waals surface area contributed by atoms with Gasteiger partial charge in [0.05, 0.1) is 10.2 Å². The van der Waals surface area contributed by atoms with Crippen molar-refractivity contribution in [1.29, 1.82) is 0 Å². The van der Waals surface area contributed by atoms with Gasteiger partial charge >= 0.3 is 0 Å². The van der Waals surface area contributed by atoms with Crippen LogP contribution < -0.4 is 5.32 Å². The Kier molecular flexibility index (Phi) is 3.59. The summed E-state index contributed by atoms with van der Waals surface area (Å²) in [6, 6.07) is 5.25. The fraction of sp³-hybridized carbons (Fsp3) is 0.500. The van der Waals surface area contributed by atoms with E-state index in [1.807, 2.05) is 6.20 Å². The SMILES string of the molecule is CC(NC1CCOCC1)c1cnc2ccsc2c1. The molecule has 1 atom stereocenters. The molecule has 0 saturated carbocycles. The Hall–Kier alpha value is -0.970.